The molecule has 0 fully saturated rings. The van der Waals surface area contributed by atoms with E-state index in [0.29, 0.717) is 17.6 Å². The van der Waals surface area contributed by atoms with E-state index in [-0.39, 0.29) is 26.4 Å². The first-order valence-electron chi connectivity index (χ1n) is 15.3. The normalized spacial score (nSPS) is 14.5. The standard InChI is InChI=1S/C24H52NO6P.C5H14NO/c1-5-6-7-8-9-10-11-12-13-14-15-16-17-18-20-29-22-24(26)23-31-32(27,28)30-21-19-25(2,3)4;1-6(2,3)4-5-7/h24,26H,5-23H2,1-4H3;7H,4-5H2,1-3H3/q;+1/p+1/t24-;/m1./s1. The molecule has 3 N–H and O–H groups in total. The SMILES string of the molecule is CCCCCCCCCCCCCCCCOC[C@@H](O)COP(=O)(O)OCC[N+](C)(C)C.C[N+](C)(C)CCO. The van der Waals surface area contributed by atoms with Crippen molar-refractivity contribution in [3.05, 3.63) is 0 Å². The molecule has 0 heterocycles. The van der Waals surface area contributed by atoms with Crippen LogP contribution in [0.25, 0.3) is 0 Å². The number of unbranched alkanes of at least 4 members (excludes halogenated alkanes) is 13. The number of likely N-dealkylation sites (N-methyl/N-ethyl adjacent to an activating group) is 2. The van der Waals surface area contributed by atoms with Crippen LogP contribution < -0.4 is 0 Å². The van der Waals surface area contributed by atoms with E-state index >= 15 is 0 Å². The molecule has 0 saturated heterocycles. The topological polar surface area (TPSA) is 105 Å². The van der Waals surface area contributed by atoms with E-state index in [4.69, 9.17) is 18.9 Å². The van der Waals surface area contributed by atoms with Crippen molar-refractivity contribution >= 4 is 7.82 Å². The van der Waals surface area contributed by atoms with Crippen LogP contribution in [0.4, 0.5) is 0 Å². The third kappa shape index (κ3) is 37.9. The molecule has 1 unspecified atom stereocenters. The molecule has 10 heteroatoms. The highest BCUT2D eigenvalue weighted by Gasteiger charge is 2.24. The highest BCUT2D eigenvalue weighted by molar-refractivity contribution is 7.47. The number of rotatable bonds is 26. The lowest BCUT2D eigenvalue weighted by atomic mass is 10.0. The molecule has 0 saturated carbocycles. The summed E-state index contributed by atoms with van der Waals surface area (Å²) in [7, 11) is 7.91. The first-order chi connectivity index (χ1) is 18.2. The van der Waals surface area contributed by atoms with Gasteiger partial charge in [-0.15, -0.1) is 0 Å². The number of aliphatic hydroxyl groups is 2. The smallest absolute Gasteiger partial charge is 0.391 e. The van der Waals surface area contributed by atoms with Gasteiger partial charge >= 0.3 is 7.82 Å². The monoisotopic (exact) mass is 586 g/mol. The number of aliphatic hydroxyl groups excluding tert-OH is 2. The van der Waals surface area contributed by atoms with Gasteiger partial charge in [0, 0.05) is 6.61 Å². The van der Waals surface area contributed by atoms with Crippen LogP contribution in [0.15, 0.2) is 0 Å². The van der Waals surface area contributed by atoms with Crippen molar-refractivity contribution in [2.45, 2.75) is 103 Å². The minimum Gasteiger partial charge on any atom is -0.391 e. The van der Waals surface area contributed by atoms with Crippen molar-refractivity contribution in [1.82, 2.24) is 0 Å². The highest BCUT2D eigenvalue weighted by Crippen LogP contribution is 2.43. The third-order valence-electron chi connectivity index (χ3n) is 6.17. The number of quaternary nitrogens is 2. The maximum Gasteiger partial charge on any atom is 0.472 e. The average molecular weight is 587 g/mol. The number of ether oxygens (including phenoxy) is 1. The third-order valence-corrected chi connectivity index (χ3v) is 7.15. The largest absolute Gasteiger partial charge is 0.472 e. The molecule has 0 amide bonds. The van der Waals surface area contributed by atoms with Gasteiger partial charge in [0.25, 0.3) is 0 Å². The van der Waals surface area contributed by atoms with Crippen LogP contribution in [-0.4, -0.2) is 119 Å². The Kier molecular flexibility index (Phi) is 27.0. The molecule has 0 aromatic rings. The Balaban J connectivity index is 0. The fourth-order valence-corrected chi connectivity index (χ4v) is 4.36. The van der Waals surface area contributed by atoms with E-state index in [2.05, 4.69) is 28.1 Å². The molecular formula is C29H67N2O7P+2. The second-order valence-corrected chi connectivity index (χ2v) is 14.1. The van der Waals surface area contributed by atoms with E-state index < -0.39 is 13.9 Å². The minimum absolute atomic E-state index is 0.0946. The molecule has 0 radical (unpaired) electrons. The molecule has 0 aromatic carbocycles. The summed E-state index contributed by atoms with van der Waals surface area (Å²) < 4.78 is 28.4. The molecule has 0 bridgehead atoms. The van der Waals surface area contributed by atoms with Crippen molar-refractivity contribution in [3.8, 4) is 0 Å². The Morgan fingerprint density at radius 2 is 1.08 bits per heavy atom. The number of phosphoric acid groups is 1. The minimum atomic E-state index is -4.13. The van der Waals surface area contributed by atoms with Crippen molar-refractivity contribution in [1.29, 1.82) is 0 Å². The maximum absolute atomic E-state index is 11.8. The summed E-state index contributed by atoms with van der Waals surface area (Å²) >= 11 is 0. The average Bonchev–Trinajstić information content (AvgIpc) is 2.81. The summed E-state index contributed by atoms with van der Waals surface area (Å²) in [5, 5.41) is 18.2. The lowest BCUT2D eigenvalue weighted by Gasteiger charge is -2.24. The summed E-state index contributed by atoms with van der Waals surface area (Å²) in [6.45, 7) is 4.48. The quantitative estimate of drug-likeness (QED) is 0.0711. The van der Waals surface area contributed by atoms with Crippen LogP contribution in [-0.2, 0) is 18.3 Å². The Bertz CT molecular complexity index is 569. The van der Waals surface area contributed by atoms with Gasteiger partial charge in [-0.3, -0.25) is 9.05 Å². The van der Waals surface area contributed by atoms with Gasteiger partial charge in [-0.1, -0.05) is 90.4 Å². The van der Waals surface area contributed by atoms with Crippen LogP contribution in [0, 0.1) is 0 Å². The number of phosphoric ester groups is 1. The maximum atomic E-state index is 11.8. The summed E-state index contributed by atoms with van der Waals surface area (Å²) in [4.78, 5) is 9.62. The van der Waals surface area contributed by atoms with E-state index in [1.807, 2.05) is 21.1 Å². The van der Waals surface area contributed by atoms with Crippen LogP contribution >= 0.6 is 7.82 Å². The molecule has 0 aliphatic rings. The number of hydrogen-bond acceptors (Lipinski definition) is 6. The Morgan fingerprint density at radius 1 is 0.641 bits per heavy atom. The molecule has 2 atom stereocenters. The molecule has 0 aromatic heterocycles. The van der Waals surface area contributed by atoms with E-state index in [1.54, 1.807) is 0 Å². The first-order valence-corrected chi connectivity index (χ1v) is 16.8. The molecule has 0 spiro atoms. The first kappa shape index (κ1) is 41.0. The van der Waals surface area contributed by atoms with Gasteiger partial charge in [0.1, 0.15) is 25.8 Å². The zero-order valence-electron chi connectivity index (χ0n) is 26.7. The summed E-state index contributed by atoms with van der Waals surface area (Å²) in [6.07, 6.45) is 17.5. The van der Waals surface area contributed by atoms with Crippen molar-refractivity contribution < 1.29 is 42.4 Å². The van der Waals surface area contributed by atoms with Gasteiger partial charge in [0.05, 0.1) is 62.1 Å². The summed E-state index contributed by atoms with van der Waals surface area (Å²) in [5.41, 5.74) is 0. The predicted octanol–water partition coefficient (Wildman–Crippen LogP) is 5.37. The molecule has 0 aliphatic carbocycles. The van der Waals surface area contributed by atoms with Gasteiger partial charge in [-0.25, -0.2) is 4.57 Å². The molecule has 39 heavy (non-hydrogen) atoms. The van der Waals surface area contributed by atoms with Crippen LogP contribution in [0.5, 0.6) is 0 Å². The van der Waals surface area contributed by atoms with Gasteiger partial charge in [0.15, 0.2) is 0 Å². The number of nitrogens with zero attached hydrogens (tertiary/aromatic N) is 2. The lowest BCUT2D eigenvalue weighted by molar-refractivity contribution is -0.870. The Morgan fingerprint density at radius 3 is 1.46 bits per heavy atom. The Labute approximate surface area is 241 Å². The van der Waals surface area contributed by atoms with Crippen LogP contribution in [0.1, 0.15) is 96.8 Å². The molecule has 0 rings (SSSR count). The molecule has 9 nitrogen and oxygen atoms in total. The van der Waals surface area contributed by atoms with Gasteiger partial charge in [-0.2, -0.15) is 0 Å². The van der Waals surface area contributed by atoms with Crippen LogP contribution in [0.2, 0.25) is 0 Å². The fourth-order valence-electron chi connectivity index (χ4n) is 3.61. The summed E-state index contributed by atoms with van der Waals surface area (Å²) in [6, 6.07) is 0. The number of hydrogen-bond donors (Lipinski definition) is 3. The second kappa shape index (κ2) is 25.6. The molecular weight excluding hydrogens is 519 g/mol. The Hall–Kier alpha value is -0.0900. The molecule has 238 valence electrons. The van der Waals surface area contributed by atoms with Crippen LogP contribution in [0.3, 0.4) is 0 Å². The van der Waals surface area contributed by atoms with Gasteiger partial charge in [-0.05, 0) is 6.42 Å². The van der Waals surface area contributed by atoms with Crippen molar-refractivity contribution in [3.63, 3.8) is 0 Å². The van der Waals surface area contributed by atoms with Crippen molar-refractivity contribution in [2.75, 3.05) is 88.4 Å². The van der Waals surface area contributed by atoms with E-state index in [1.165, 1.54) is 77.0 Å². The second-order valence-electron chi connectivity index (χ2n) is 12.7. The predicted molar refractivity (Wildman–Crippen MR) is 162 cm³/mol. The van der Waals surface area contributed by atoms with Gasteiger partial charge in [0.2, 0.25) is 0 Å². The zero-order chi connectivity index (χ0) is 30.0. The highest BCUT2D eigenvalue weighted by atomic mass is 31.2. The van der Waals surface area contributed by atoms with Gasteiger partial charge < -0.3 is 28.8 Å². The molecule has 0 aliphatic heterocycles. The fraction of sp³-hybridized carbons (Fsp3) is 1.00. The lowest BCUT2D eigenvalue weighted by Crippen LogP contribution is -2.37. The van der Waals surface area contributed by atoms with Crippen molar-refractivity contribution in [2.24, 2.45) is 0 Å². The summed E-state index contributed by atoms with van der Waals surface area (Å²) in [5.74, 6) is 0. The zero-order valence-corrected chi connectivity index (χ0v) is 27.6. The van der Waals surface area contributed by atoms with E-state index in [9.17, 15) is 14.6 Å². The van der Waals surface area contributed by atoms with E-state index in [0.717, 1.165) is 23.9 Å².